The third-order valence-corrected chi connectivity index (χ3v) is 2.13. The van der Waals surface area contributed by atoms with Crippen molar-refractivity contribution in [3.05, 3.63) is 35.9 Å². The molecule has 0 saturated carbocycles. The highest BCUT2D eigenvalue weighted by molar-refractivity contribution is 5.19. The highest BCUT2D eigenvalue weighted by atomic mass is 16.3. The second kappa shape index (κ2) is 5.43. The lowest BCUT2D eigenvalue weighted by Crippen LogP contribution is -2.33. The Hall–Kier alpha value is -1.30. The van der Waals surface area contributed by atoms with Gasteiger partial charge in [-0.25, -0.2) is 0 Å². The molecule has 1 rings (SSSR count). The quantitative estimate of drug-likeness (QED) is 0.700. The van der Waals surface area contributed by atoms with Crippen LogP contribution in [0.2, 0.25) is 0 Å². The Morgan fingerprint density at radius 1 is 1.43 bits per heavy atom. The molecule has 0 fully saturated rings. The Bertz CT molecular complexity index is 302. The predicted molar refractivity (Wildman–Crippen MR) is 57.7 cm³/mol. The van der Waals surface area contributed by atoms with Crippen LogP contribution < -0.4 is 5.32 Å². The molecule has 0 amide bonds. The largest absolute Gasteiger partial charge is 0.394 e. The molecule has 1 aromatic rings. The van der Waals surface area contributed by atoms with Gasteiger partial charge in [-0.3, -0.25) is 5.32 Å². The number of aliphatic hydroxyl groups excluding tert-OH is 1. The second-order valence-electron chi connectivity index (χ2n) is 3.20. The fourth-order valence-corrected chi connectivity index (χ4v) is 1.29. The van der Waals surface area contributed by atoms with E-state index in [1.807, 2.05) is 37.3 Å². The van der Waals surface area contributed by atoms with Crippen molar-refractivity contribution in [2.75, 3.05) is 6.61 Å². The fraction of sp³-hybridized carbons (Fsp3) is 0.333. The molecule has 14 heavy (non-hydrogen) atoms. The summed E-state index contributed by atoms with van der Waals surface area (Å²) in [4.78, 5) is 0. The zero-order valence-corrected chi connectivity index (χ0v) is 8.27. The van der Waals surface area contributed by atoms with E-state index in [0.717, 1.165) is 0 Å². The molecular formula is C12H15NO. The van der Waals surface area contributed by atoms with Gasteiger partial charge in [0.1, 0.15) is 0 Å². The number of rotatable bonds is 4. The number of nitrogens with one attached hydrogen (secondary N) is 1. The average Bonchev–Trinajstić information content (AvgIpc) is 2.26. The molecule has 0 aliphatic heterocycles. The van der Waals surface area contributed by atoms with Crippen LogP contribution in [0.25, 0.3) is 0 Å². The molecule has 0 bridgehead atoms. The van der Waals surface area contributed by atoms with Gasteiger partial charge in [-0.15, -0.1) is 6.42 Å². The Morgan fingerprint density at radius 3 is 2.57 bits per heavy atom. The molecule has 0 unspecified atom stereocenters. The van der Waals surface area contributed by atoms with E-state index in [1.165, 1.54) is 5.56 Å². The van der Waals surface area contributed by atoms with Crippen LogP contribution in [0.1, 0.15) is 18.5 Å². The normalized spacial score (nSPS) is 14.4. The van der Waals surface area contributed by atoms with Crippen molar-refractivity contribution < 1.29 is 5.11 Å². The van der Waals surface area contributed by atoms with E-state index in [9.17, 15) is 0 Å². The molecule has 0 saturated heterocycles. The predicted octanol–water partition coefficient (Wildman–Crippen LogP) is 1.33. The summed E-state index contributed by atoms with van der Waals surface area (Å²) in [6.45, 7) is 1.99. The Balaban J connectivity index is 2.59. The molecule has 2 atom stereocenters. The van der Waals surface area contributed by atoms with Gasteiger partial charge in [0.05, 0.1) is 12.6 Å². The van der Waals surface area contributed by atoms with Gasteiger partial charge in [0, 0.05) is 6.04 Å². The zero-order chi connectivity index (χ0) is 10.4. The van der Waals surface area contributed by atoms with Gasteiger partial charge in [-0.1, -0.05) is 36.3 Å². The van der Waals surface area contributed by atoms with Gasteiger partial charge in [-0.05, 0) is 12.5 Å². The lowest BCUT2D eigenvalue weighted by Gasteiger charge is -2.17. The van der Waals surface area contributed by atoms with E-state index in [1.54, 1.807) is 0 Å². The average molecular weight is 189 g/mol. The van der Waals surface area contributed by atoms with Crippen molar-refractivity contribution >= 4 is 0 Å². The van der Waals surface area contributed by atoms with Gasteiger partial charge in [0.2, 0.25) is 0 Å². The van der Waals surface area contributed by atoms with Crippen LogP contribution >= 0.6 is 0 Å². The Kier molecular flexibility index (Phi) is 4.18. The first-order valence-electron chi connectivity index (χ1n) is 4.66. The van der Waals surface area contributed by atoms with Crippen LogP contribution in [-0.2, 0) is 0 Å². The smallest absolute Gasteiger partial charge is 0.0925 e. The van der Waals surface area contributed by atoms with E-state index < -0.39 is 0 Å². The van der Waals surface area contributed by atoms with E-state index >= 15 is 0 Å². The van der Waals surface area contributed by atoms with Crippen molar-refractivity contribution in [3.8, 4) is 12.3 Å². The summed E-state index contributed by atoms with van der Waals surface area (Å²) in [6, 6.07) is 9.88. The third kappa shape index (κ3) is 2.88. The summed E-state index contributed by atoms with van der Waals surface area (Å²) in [5.41, 5.74) is 1.17. The maximum absolute atomic E-state index is 8.92. The number of hydrogen-bond donors (Lipinski definition) is 2. The molecule has 2 nitrogen and oxygen atoms in total. The van der Waals surface area contributed by atoms with Crippen molar-refractivity contribution in [2.45, 2.75) is 19.0 Å². The van der Waals surface area contributed by atoms with Crippen LogP contribution in [0.15, 0.2) is 30.3 Å². The minimum Gasteiger partial charge on any atom is -0.394 e. The highest BCUT2D eigenvalue weighted by Crippen LogP contribution is 2.11. The van der Waals surface area contributed by atoms with Gasteiger partial charge in [0.15, 0.2) is 0 Å². The molecule has 2 heteroatoms. The van der Waals surface area contributed by atoms with Gasteiger partial charge < -0.3 is 5.11 Å². The lowest BCUT2D eigenvalue weighted by molar-refractivity contribution is 0.260. The van der Waals surface area contributed by atoms with Gasteiger partial charge in [0.25, 0.3) is 0 Å². The summed E-state index contributed by atoms with van der Waals surface area (Å²) < 4.78 is 0. The molecule has 74 valence electrons. The van der Waals surface area contributed by atoms with Crippen molar-refractivity contribution in [2.24, 2.45) is 0 Å². The topological polar surface area (TPSA) is 32.3 Å². The van der Waals surface area contributed by atoms with E-state index in [0.29, 0.717) is 0 Å². The second-order valence-corrected chi connectivity index (χ2v) is 3.20. The van der Waals surface area contributed by atoms with Crippen LogP contribution in [0, 0.1) is 12.3 Å². The monoisotopic (exact) mass is 189 g/mol. The first-order chi connectivity index (χ1) is 6.77. The maximum atomic E-state index is 8.92. The van der Waals surface area contributed by atoms with Crippen molar-refractivity contribution in [1.29, 1.82) is 0 Å². The number of aliphatic hydroxyl groups is 1. The van der Waals surface area contributed by atoms with Crippen LogP contribution in [0.5, 0.6) is 0 Å². The summed E-state index contributed by atoms with van der Waals surface area (Å²) in [6.07, 6.45) is 5.24. The highest BCUT2D eigenvalue weighted by Gasteiger charge is 2.09. The van der Waals surface area contributed by atoms with Crippen molar-refractivity contribution in [3.63, 3.8) is 0 Å². The van der Waals surface area contributed by atoms with E-state index in [-0.39, 0.29) is 18.7 Å². The summed E-state index contributed by atoms with van der Waals surface area (Å²) in [7, 11) is 0. The molecule has 0 heterocycles. The molecule has 2 N–H and O–H groups in total. The SMILES string of the molecule is C#C[C@H](CO)N[C@H](C)c1ccccc1. The maximum Gasteiger partial charge on any atom is 0.0925 e. The molecule has 0 aliphatic carbocycles. The summed E-state index contributed by atoms with van der Waals surface area (Å²) >= 11 is 0. The first kappa shape index (κ1) is 10.8. The molecule has 0 radical (unpaired) electrons. The van der Waals surface area contributed by atoms with Gasteiger partial charge in [-0.2, -0.15) is 0 Å². The lowest BCUT2D eigenvalue weighted by atomic mass is 10.1. The Morgan fingerprint density at radius 2 is 2.07 bits per heavy atom. The molecule has 0 aromatic heterocycles. The van der Waals surface area contributed by atoms with E-state index in [4.69, 9.17) is 11.5 Å². The van der Waals surface area contributed by atoms with E-state index in [2.05, 4.69) is 11.2 Å². The third-order valence-electron chi connectivity index (χ3n) is 2.13. The zero-order valence-electron chi connectivity index (χ0n) is 8.27. The van der Waals surface area contributed by atoms with Crippen LogP contribution in [0.3, 0.4) is 0 Å². The van der Waals surface area contributed by atoms with Crippen LogP contribution in [0.4, 0.5) is 0 Å². The molecule has 0 spiro atoms. The summed E-state index contributed by atoms with van der Waals surface area (Å²) in [5, 5.41) is 12.1. The first-order valence-corrected chi connectivity index (χ1v) is 4.66. The standard InChI is InChI=1S/C12H15NO/c1-3-12(9-14)13-10(2)11-7-5-4-6-8-11/h1,4-8,10,12-14H,9H2,2H3/t10-,12-/m1/s1. The molecule has 1 aromatic carbocycles. The Labute approximate surface area is 85.0 Å². The van der Waals surface area contributed by atoms with Crippen molar-refractivity contribution in [1.82, 2.24) is 5.32 Å². The van der Waals surface area contributed by atoms with Gasteiger partial charge >= 0.3 is 0 Å². The minimum atomic E-state index is -0.273. The van der Waals surface area contributed by atoms with Crippen LogP contribution in [-0.4, -0.2) is 17.8 Å². The summed E-state index contributed by atoms with van der Waals surface area (Å²) in [5.74, 6) is 2.49. The number of hydrogen-bond acceptors (Lipinski definition) is 2. The molecular weight excluding hydrogens is 174 g/mol. The number of benzene rings is 1. The molecule has 0 aliphatic rings. The number of terminal acetylenes is 1. The minimum absolute atomic E-state index is 0.0341. The fourth-order valence-electron chi connectivity index (χ4n) is 1.29.